The minimum atomic E-state index is -1.51. The van der Waals surface area contributed by atoms with E-state index >= 15 is 0 Å². The highest BCUT2D eigenvalue weighted by Crippen LogP contribution is 2.62. The van der Waals surface area contributed by atoms with Crippen LogP contribution in [-0.2, 0) is 24.7 Å². The first-order valence-electron chi connectivity index (χ1n) is 10.2. The van der Waals surface area contributed by atoms with Crippen molar-refractivity contribution in [2.24, 2.45) is 4.99 Å². The summed E-state index contributed by atoms with van der Waals surface area (Å²) in [6.07, 6.45) is 2.93. The van der Waals surface area contributed by atoms with Crippen LogP contribution in [0.4, 0.5) is 0 Å². The summed E-state index contributed by atoms with van der Waals surface area (Å²) in [5.41, 5.74) is -1.74. The number of esters is 1. The summed E-state index contributed by atoms with van der Waals surface area (Å²) in [4.78, 5) is 32.1. The molecular formula is C23H21NO5S2. The Balaban J connectivity index is 1.85. The zero-order chi connectivity index (χ0) is 21.5. The van der Waals surface area contributed by atoms with E-state index in [9.17, 15) is 9.59 Å². The molecule has 8 heteroatoms. The number of hydrogen-bond acceptors (Lipinski definition) is 8. The van der Waals surface area contributed by atoms with Crippen molar-refractivity contribution in [2.75, 3.05) is 18.1 Å². The van der Waals surface area contributed by atoms with Crippen molar-refractivity contribution in [3.63, 3.8) is 0 Å². The summed E-state index contributed by atoms with van der Waals surface area (Å²) < 4.78 is 18.5. The summed E-state index contributed by atoms with van der Waals surface area (Å²) in [6.45, 7) is 1.95. The van der Waals surface area contributed by atoms with E-state index < -0.39 is 23.0 Å². The third kappa shape index (κ3) is 2.84. The van der Waals surface area contributed by atoms with Gasteiger partial charge in [0, 0.05) is 23.5 Å². The Hall–Kier alpha value is -2.45. The monoisotopic (exact) mass is 455 g/mol. The van der Waals surface area contributed by atoms with E-state index in [2.05, 4.69) is 4.99 Å². The smallest absolute Gasteiger partial charge is 0.339 e. The molecule has 6 nitrogen and oxygen atoms in total. The summed E-state index contributed by atoms with van der Waals surface area (Å²) in [5.74, 6) is 1.07. The number of carbonyl (C=O) groups is 2. The molecule has 0 radical (unpaired) electrons. The van der Waals surface area contributed by atoms with Crippen LogP contribution in [0.15, 0.2) is 67.9 Å². The van der Waals surface area contributed by atoms with E-state index in [1.54, 1.807) is 48.8 Å². The van der Waals surface area contributed by atoms with Crippen LogP contribution in [0, 0.1) is 0 Å². The number of thioether (sulfide) groups is 2. The lowest BCUT2D eigenvalue weighted by Crippen LogP contribution is -2.63. The molecule has 1 aromatic carbocycles. The fourth-order valence-corrected chi connectivity index (χ4v) is 7.45. The van der Waals surface area contributed by atoms with E-state index in [1.807, 2.05) is 30.3 Å². The van der Waals surface area contributed by atoms with Crippen LogP contribution in [0.2, 0.25) is 0 Å². The number of Topliss-reactive ketones (excluding diaryl/α,β-unsaturated/α-hetero) is 1. The van der Waals surface area contributed by atoms with Gasteiger partial charge in [0.1, 0.15) is 5.76 Å². The minimum absolute atomic E-state index is 0.0624. The Bertz CT molecular complexity index is 1060. The molecule has 0 unspecified atom stereocenters. The number of rotatable bonds is 4. The lowest BCUT2D eigenvalue weighted by molar-refractivity contribution is -0.161. The molecule has 0 spiro atoms. The second-order valence-corrected chi connectivity index (χ2v) is 9.91. The van der Waals surface area contributed by atoms with Gasteiger partial charge in [0.05, 0.1) is 28.6 Å². The zero-order valence-electron chi connectivity index (χ0n) is 16.9. The Morgan fingerprint density at radius 1 is 1.19 bits per heavy atom. The Kier molecular flexibility index (Phi) is 5.22. The molecule has 3 aliphatic rings. The quantitative estimate of drug-likeness (QED) is 0.503. The third-order valence-corrected chi connectivity index (χ3v) is 8.67. The summed E-state index contributed by atoms with van der Waals surface area (Å²) in [7, 11) is 0. The van der Waals surface area contributed by atoms with Crippen molar-refractivity contribution in [3.05, 3.63) is 69.9 Å². The molecule has 1 aromatic heterocycles. The fraction of sp³-hybridized carbons (Fsp3) is 0.348. The Morgan fingerprint density at radius 2 is 1.97 bits per heavy atom. The van der Waals surface area contributed by atoms with Gasteiger partial charge in [-0.25, -0.2) is 9.79 Å². The van der Waals surface area contributed by atoms with Gasteiger partial charge >= 0.3 is 5.97 Å². The third-order valence-electron chi connectivity index (χ3n) is 5.95. The molecule has 3 heterocycles. The molecule has 3 atom stereocenters. The molecule has 31 heavy (non-hydrogen) atoms. The predicted octanol–water partition coefficient (Wildman–Crippen LogP) is 4.28. The topological polar surface area (TPSA) is 78.1 Å². The minimum Gasteiger partial charge on any atom is -0.469 e. The highest BCUT2D eigenvalue weighted by Gasteiger charge is 2.74. The van der Waals surface area contributed by atoms with Crippen LogP contribution in [0.25, 0.3) is 0 Å². The molecule has 160 valence electrons. The Labute approximate surface area is 188 Å². The van der Waals surface area contributed by atoms with Crippen molar-refractivity contribution in [2.45, 2.75) is 30.4 Å². The summed E-state index contributed by atoms with van der Waals surface area (Å²) >= 11 is 3.26. The van der Waals surface area contributed by atoms with Crippen LogP contribution in [0.1, 0.15) is 30.6 Å². The van der Waals surface area contributed by atoms with Gasteiger partial charge in [-0.15, -0.1) is 23.5 Å². The van der Waals surface area contributed by atoms with Crippen molar-refractivity contribution in [3.8, 4) is 0 Å². The van der Waals surface area contributed by atoms with Crippen LogP contribution in [0.3, 0.4) is 0 Å². The van der Waals surface area contributed by atoms with E-state index in [-0.39, 0.29) is 18.8 Å². The average Bonchev–Trinajstić information content (AvgIpc) is 3.55. The first-order chi connectivity index (χ1) is 15.1. The second kappa shape index (κ2) is 7.91. The second-order valence-electron chi connectivity index (χ2n) is 7.44. The van der Waals surface area contributed by atoms with Crippen molar-refractivity contribution >= 4 is 41.7 Å². The van der Waals surface area contributed by atoms with Crippen LogP contribution >= 0.6 is 23.5 Å². The van der Waals surface area contributed by atoms with Gasteiger partial charge in [0.15, 0.2) is 12.2 Å². The van der Waals surface area contributed by atoms with Gasteiger partial charge < -0.3 is 13.9 Å². The first kappa shape index (κ1) is 20.5. The first-order valence-corrected chi connectivity index (χ1v) is 12.1. The highest BCUT2D eigenvalue weighted by molar-refractivity contribution is 8.25. The van der Waals surface area contributed by atoms with Gasteiger partial charge in [0.2, 0.25) is 11.1 Å². The molecule has 0 amide bonds. The molecule has 1 saturated heterocycles. The molecular weight excluding hydrogens is 434 g/mol. The van der Waals surface area contributed by atoms with Gasteiger partial charge in [-0.2, -0.15) is 0 Å². The maximum atomic E-state index is 13.7. The van der Waals surface area contributed by atoms with E-state index in [4.69, 9.17) is 13.9 Å². The largest absolute Gasteiger partial charge is 0.469 e. The number of aliphatic imine (C=N–C) groups is 1. The average molecular weight is 456 g/mol. The van der Waals surface area contributed by atoms with Crippen LogP contribution in [-0.4, -0.2) is 41.8 Å². The molecule has 2 aromatic rings. The number of fused-ring (bicyclic) bond motifs is 1. The lowest BCUT2D eigenvalue weighted by Gasteiger charge is -2.48. The van der Waals surface area contributed by atoms with Crippen LogP contribution in [0.5, 0.6) is 0 Å². The number of nitrogens with zero attached hydrogens (tertiary/aromatic N) is 1. The number of benzene rings is 1. The van der Waals surface area contributed by atoms with Gasteiger partial charge in [0.25, 0.3) is 0 Å². The van der Waals surface area contributed by atoms with E-state index in [0.29, 0.717) is 16.9 Å². The van der Waals surface area contributed by atoms with Crippen molar-refractivity contribution < 1.29 is 23.5 Å². The number of ether oxygens (including phenoxy) is 2. The lowest BCUT2D eigenvalue weighted by atomic mass is 9.58. The molecule has 5 rings (SSSR count). The Morgan fingerprint density at radius 3 is 2.65 bits per heavy atom. The molecule has 1 aliphatic carbocycles. The van der Waals surface area contributed by atoms with Crippen molar-refractivity contribution in [1.29, 1.82) is 0 Å². The van der Waals surface area contributed by atoms with Crippen molar-refractivity contribution in [1.82, 2.24) is 0 Å². The summed E-state index contributed by atoms with van der Waals surface area (Å²) in [6, 6.07) is 12.9. The SMILES string of the molecule is CCOC(=O)[C@@]12N=CO[C@]1(c1ccccc1)C(=C1SCCS1)C(=O)C[C@@H]2c1ccco1. The number of ketones is 1. The standard InChI is InChI=1S/C23H21NO5S2/c1-2-27-21(26)22-16(18-9-6-10-28-18)13-17(25)19(20-30-11-12-31-20)23(22,29-14-24-22)15-7-4-3-5-8-15/h3-10,14,16H,2,11-13H2,1H3/t16-,22-,23-/m1/s1. The van der Waals surface area contributed by atoms with E-state index in [0.717, 1.165) is 15.7 Å². The maximum Gasteiger partial charge on any atom is 0.339 e. The predicted molar refractivity (Wildman–Crippen MR) is 120 cm³/mol. The fourth-order valence-electron chi connectivity index (χ4n) is 4.78. The molecule has 0 bridgehead atoms. The molecule has 2 fully saturated rings. The number of hydrogen-bond donors (Lipinski definition) is 0. The highest BCUT2D eigenvalue weighted by atomic mass is 32.2. The normalized spacial score (nSPS) is 29.7. The summed E-state index contributed by atoms with van der Waals surface area (Å²) in [5, 5.41) is 0. The number of furan rings is 1. The number of carbonyl (C=O) groups excluding carboxylic acids is 2. The van der Waals surface area contributed by atoms with Gasteiger partial charge in [-0.05, 0) is 19.1 Å². The van der Waals surface area contributed by atoms with Gasteiger partial charge in [-0.1, -0.05) is 30.3 Å². The molecule has 2 aliphatic heterocycles. The van der Waals surface area contributed by atoms with Gasteiger partial charge in [-0.3, -0.25) is 4.79 Å². The van der Waals surface area contributed by atoms with E-state index in [1.165, 1.54) is 6.40 Å². The van der Waals surface area contributed by atoms with Crippen LogP contribution < -0.4 is 0 Å². The molecule has 1 saturated carbocycles. The zero-order valence-corrected chi connectivity index (χ0v) is 18.5. The molecule has 0 N–H and O–H groups in total. The maximum absolute atomic E-state index is 13.7.